The first-order valence-electron chi connectivity index (χ1n) is 5.45. The van der Waals surface area contributed by atoms with Gasteiger partial charge in [0.2, 0.25) is 0 Å². The molecule has 2 aliphatic carbocycles. The molecular formula is C12H16O3S. The van der Waals surface area contributed by atoms with E-state index >= 15 is 0 Å². The van der Waals surface area contributed by atoms with Gasteiger partial charge in [-0.1, -0.05) is 32.1 Å². The van der Waals surface area contributed by atoms with Gasteiger partial charge in [-0.2, -0.15) is 0 Å². The van der Waals surface area contributed by atoms with Crippen molar-refractivity contribution in [3.05, 3.63) is 23.8 Å². The molecule has 1 saturated carbocycles. The topological polar surface area (TPSA) is 51.2 Å². The fraction of sp³-hybridized carbons (Fsp3) is 0.583. The highest BCUT2D eigenvalue weighted by Gasteiger charge is 2.47. The molecule has 0 radical (unpaired) electrons. The molecule has 4 atom stereocenters. The standard InChI is InChI=1S/C12H16O3S/c1-7-6-9(11-8(2)12(11)13)4-5-10(7)16(3,14)15/h4-8,10-11H,1-3H3. The Morgan fingerprint density at radius 1 is 1.25 bits per heavy atom. The smallest absolute Gasteiger partial charge is 0.154 e. The maximum atomic E-state index is 11.5. The largest absolute Gasteiger partial charge is 0.299 e. The lowest BCUT2D eigenvalue weighted by atomic mass is 9.94. The highest BCUT2D eigenvalue weighted by molar-refractivity contribution is 7.91. The lowest BCUT2D eigenvalue weighted by Gasteiger charge is -2.21. The van der Waals surface area contributed by atoms with Crippen LogP contribution in [-0.4, -0.2) is 25.7 Å². The molecule has 88 valence electrons. The molecule has 0 bridgehead atoms. The molecule has 0 aromatic carbocycles. The summed E-state index contributed by atoms with van der Waals surface area (Å²) in [4.78, 5) is 11.3. The molecule has 16 heavy (non-hydrogen) atoms. The molecule has 0 amide bonds. The number of hydrogen-bond donors (Lipinski definition) is 0. The van der Waals surface area contributed by atoms with Gasteiger partial charge in [-0.05, 0) is 11.5 Å². The monoisotopic (exact) mass is 240 g/mol. The average molecular weight is 240 g/mol. The van der Waals surface area contributed by atoms with Crippen LogP contribution in [-0.2, 0) is 14.6 Å². The van der Waals surface area contributed by atoms with Gasteiger partial charge in [0, 0.05) is 12.2 Å². The van der Waals surface area contributed by atoms with Crippen molar-refractivity contribution in [3.63, 3.8) is 0 Å². The minimum absolute atomic E-state index is 0.0132. The summed E-state index contributed by atoms with van der Waals surface area (Å²) in [6.07, 6.45) is 6.70. The van der Waals surface area contributed by atoms with E-state index < -0.39 is 15.1 Å². The van der Waals surface area contributed by atoms with Crippen molar-refractivity contribution in [2.24, 2.45) is 17.8 Å². The Morgan fingerprint density at radius 2 is 1.81 bits per heavy atom. The second-order valence-corrected chi connectivity index (χ2v) is 7.05. The van der Waals surface area contributed by atoms with E-state index in [9.17, 15) is 13.2 Å². The third-order valence-electron chi connectivity index (χ3n) is 3.45. The van der Waals surface area contributed by atoms with Crippen molar-refractivity contribution in [2.45, 2.75) is 19.1 Å². The number of Topliss-reactive ketones (excluding diaryl/α,β-unsaturated/α-hetero) is 1. The summed E-state index contributed by atoms with van der Waals surface area (Å²) in [5.74, 6) is 0.341. The Hall–Kier alpha value is -0.900. The van der Waals surface area contributed by atoms with Crippen molar-refractivity contribution in [3.8, 4) is 0 Å². The van der Waals surface area contributed by atoms with E-state index in [1.54, 1.807) is 12.2 Å². The van der Waals surface area contributed by atoms with Gasteiger partial charge in [-0.25, -0.2) is 8.42 Å². The van der Waals surface area contributed by atoms with Crippen LogP contribution >= 0.6 is 0 Å². The Morgan fingerprint density at radius 3 is 2.19 bits per heavy atom. The Balaban J connectivity index is 2.20. The SMILES string of the molecule is CC1C=C(C2C(=O)C2C)C=CC1S(C)(=O)=O. The van der Waals surface area contributed by atoms with Gasteiger partial charge in [0.15, 0.2) is 9.84 Å². The van der Waals surface area contributed by atoms with Gasteiger partial charge in [0.05, 0.1) is 11.2 Å². The first kappa shape index (κ1) is 11.6. The first-order valence-corrected chi connectivity index (χ1v) is 7.40. The van der Waals surface area contributed by atoms with Crippen molar-refractivity contribution < 1.29 is 13.2 Å². The minimum Gasteiger partial charge on any atom is -0.299 e. The molecule has 0 aliphatic heterocycles. The van der Waals surface area contributed by atoms with Gasteiger partial charge in [-0.3, -0.25) is 4.79 Å². The average Bonchev–Trinajstić information content (AvgIpc) is 2.72. The summed E-state index contributed by atoms with van der Waals surface area (Å²) < 4.78 is 22.9. The van der Waals surface area contributed by atoms with Crippen molar-refractivity contribution >= 4 is 15.6 Å². The molecule has 1 fully saturated rings. The van der Waals surface area contributed by atoms with E-state index in [-0.39, 0.29) is 23.5 Å². The van der Waals surface area contributed by atoms with Crippen LogP contribution in [0, 0.1) is 17.8 Å². The van der Waals surface area contributed by atoms with E-state index in [0.29, 0.717) is 0 Å². The van der Waals surface area contributed by atoms with E-state index in [1.807, 2.05) is 19.9 Å². The van der Waals surface area contributed by atoms with Crippen molar-refractivity contribution in [2.75, 3.05) is 6.26 Å². The number of hydrogen-bond acceptors (Lipinski definition) is 3. The van der Waals surface area contributed by atoms with Crippen LogP contribution in [0.3, 0.4) is 0 Å². The van der Waals surface area contributed by atoms with Crippen molar-refractivity contribution in [1.29, 1.82) is 0 Å². The van der Waals surface area contributed by atoms with Crippen LogP contribution in [0.2, 0.25) is 0 Å². The lowest BCUT2D eigenvalue weighted by Crippen LogP contribution is -2.26. The van der Waals surface area contributed by atoms with Crippen LogP contribution in [0.15, 0.2) is 23.8 Å². The fourth-order valence-corrected chi connectivity index (χ4v) is 3.61. The maximum absolute atomic E-state index is 11.5. The molecule has 0 aromatic rings. The third kappa shape index (κ3) is 1.86. The number of sulfone groups is 1. The molecule has 4 unspecified atom stereocenters. The molecule has 0 aromatic heterocycles. The third-order valence-corrected chi connectivity index (χ3v) is 5.03. The van der Waals surface area contributed by atoms with E-state index in [0.717, 1.165) is 5.57 Å². The number of allylic oxidation sites excluding steroid dienone is 3. The van der Waals surface area contributed by atoms with Gasteiger partial charge in [0.25, 0.3) is 0 Å². The Bertz CT molecular complexity index is 484. The van der Waals surface area contributed by atoms with Crippen LogP contribution in [0.4, 0.5) is 0 Å². The highest BCUT2D eigenvalue weighted by Crippen LogP contribution is 2.42. The number of carbonyl (C=O) groups is 1. The summed E-state index contributed by atoms with van der Waals surface area (Å²) in [7, 11) is -3.05. The number of ketones is 1. The zero-order chi connectivity index (χ0) is 12.1. The molecule has 4 heteroatoms. The fourth-order valence-electron chi connectivity index (χ4n) is 2.39. The molecule has 2 rings (SSSR count). The lowest BCUT2D eigenvalue weighted by molar-refractivity contribution is -0.111. The highest BCUT2D eigenvalue weighted by atomic mass is 32.2. The zero-order valence-corrected chi connectivity index (χ0v) is 10.5. The van der Waals surface area contributed by atoms with Gasteiger partial charge in [0.1, 0.15) is 5.78 Å². The van der Waals surface area contributed by atoms with Gasteiger partial charge in [-0.15, -0.1) is 0 Å². The number of carbonyl (C=O) groups excluding carboxylic acids is 1. The zero-order valence-electron chi connectivity index (χ0n) is 9.67. The van der Waals surface area contributed by atoms with Crippen LogP contribution in [0.25, 0.3) is 0 Å². The van der Waals surface area contributed by atoms with E-state index in [1.165, 1.54) is 6.26 Å². The molecule has 3 nitrogen and oxygen atoms in total. The van der Waals surface area contributed by atoms with E-state index in [2.05, 4.69) is 0 Å². The Kier molecular flexibility index (Phi) is 2.57. The molecule has 0 heterocycles. The minimum atomic E-state index is -3.05. The van der Waals surface area contributed by atoms with Crippen LogP contribution in [0.1, 0.15) is 13.8 Å². The molecule has 0 N–H and O–H groups in total. The summed E-state index contributed by atoms with van der Waals surface area (Å²) >= 11 is 0. The number of rotatable bonds is 2. The first-order chi connectivity index (χ1) is 7.32. The molecule has 2 aliphatic rings. The van der Waals surface area contributed by atoms with E-state index in [4.69, 9.17) is 0 Å². The quantitative estimate of drug-likeness (QED) is 0.732. The predicted molar refractivity (Wildman–Crippen MR) is 62.7 cm³/mol. The van der Waals surface area contributed by atoms with Gasteiger partial charge >= 0.3 is 0 Å². The molecule has 0 spiro atoms. The van der Waals surface area contributed by atoms with Crippen LogP contribution in [0.5, 0.6) is 0 Å². The maximum Gasteiger partial charge on any atom is 0.154 e. The summed E-state index contributed by atoms with van der Waals surface area (Å²) in [5, 5.41) is -0.444. The molecular weight excluding hydrogens is 224 g/mol. The second-order valence-electron chi connectivity index (χ2n) is 4.85. The summed E-state index contributed by atoms with van der Waals surface area (Å²) in [6.45, 7) is 3.79. The van der Waals surface area contributed by atoms with Gasteiger partial charge < -0.3 is 0 Å². The Labute approximate surface area is 96.1 Å². The predicted octanol–water partition coefficient (Wildman–Crippen LogP) is 1.37. The van der Waals surface area contributed by atoms with Crippen molar-refractivity contribution in [1.82, 2.24) is 0 Å². The molecule has 0 saturated heterocycles. The summed E-state index contributed by atoms with van der Waals surface area (Å²) in [6, 6.07) is 0. The van der Waals surface area contributed by atoms with Crippen LogP contribution < -0.4 is 0 Å². The second kappa shape index (κ2) is 3.55. The normalized spacial score (nSPS) is 38.4. The summed E-state index contributed by atoms with van der Waals surface area (Å²) in [5.41, 5.74) is 0.991.